The minimum absolute atomic E-state index is 0.131. The first-order valence-corrected chi connectivity index (χ1v) is 5.59. The molecule has 0 saturated carbocycles. The van der Waals surface area contributed by atoms with Crippen molar-refractivity contribution in [2.75, 3.05) is 20.2 Å². The number of ether oxygens (including phenoxy) is 1. The fourth-order valence-corrected chi connectivity index (χ4v) is 2.01. The number of carbonyl (C=O) groups is 3. The molecule has 0 radical (unpaired) electrons. The van der Waals surface area contributed by atoms with Crippen LogP contribution in [0, 0.1) is 5.92 Å². The normalized spacial score (nSPS) is 19.7. The van der Waals surface area contributed by atoms with Crippen molar-refractivity contribution in [2.24, 2.45) is 11.0 Å². The summed E-state index contributed by atoms with van der Waals surface area (Å²) in [7, 11) is 1.13. The molecule has 1 heterocycles. The zero-order valence-corrected chi connectivity index (χ0v) is 10.4. The molecule has 1 saturated heterocycles. The average molecular weight is 270 g/mol. The number of azide groups is 1. The second-order valence-electron chi connectivity index (χ2n) is 4.17. The summed E-state index contributed by atoms with van der Waals surface area (Å²) in [5.41, 5.74) is 8.22. The van der Waals surface area contributed by atoms with E-state index in [0.717, 1.165) is 7.11 Å². The Bertz CT molecular complexity index is 432. The topological polar surface area (TPSA) is 133 Å². The molecule has 1 fully saturated rings. The number of likely N-dealkylation sites (tertiary alicyclic amines) is 1. The van der Waals surface area contributed by atoms with E-state index in [1.54, 1.807) is 0 Å². The first-order valence-electron chi connectivity index (χ1n) is 5.59. The third kappa shape index (κ3) is 3.85. The third-order valence-corrected chi connectivity index (χ3v) is 2.86. The number of carboxylic acids is 1. The van der Waals surface area contributed by atoms with E-state index in [-0.39, 0.29) is 31.3 Å². The van der Waals surface area contributed by atoms with E-state index in [2.05, 4.69) is 14.8 Å². The fourth-order valence-electron chi connectivity index (χ4n) is 2.01. The Balaban J connectivity index is 2.79. The lowest BCUT2D eigenvalue weighted by molar-refractivity contribution is -0.155. The molecule has 0 aromatic rings. The standard InChI is InChI=1S/C10H14N4O5/c1-19-10(18)7(3-9(16)17)14-5-6(2-8(14)15)4-12-13-11/h6-7H,2-5H2,1H3,(H,16,17)/t6?,7-/m1/s1. The number of methoxy groups -OCH3 is 1. The Hall–Kier alpha value is -2.28. The maximum Gasteiger partial charge on any atom is 0.329 e. The van der Waals surface area contributed by atoms with Gasteiger partial charge < -0.3 is 14.7 Å². The van der Waals surface area contributed by atoms with Crippen LogP contribution in [0.5, 0.6) is 0 Å². The molecule has 0 aliphatic carbocycles. The van der Waals surface area contributed by atoms with Crippen molar-refractivity contribution in [3.8, 4) is 0 Å². The van der Waals surface area contributed by atoms with Gasteiger partial charge in [-0.3, -0.25) is 9.59 Å². The number of carboxylic acid groups (broad SMARTS) is 1. The van der Waals surface area contributed by atoms with Crippen LogP contribution in [0.1, 0.15) is 12.8 Å². The molecule has 0 aromatic heterocycles. The second kappa shape index (κ2) is 6.60. The number of hydrogen-bond acceptors (Lipinski definition) is 5. The quantitative estimate of drug-likeness (QED) is 0.317. The molecule has 2 atom stereocenters. The van der Waals surface area contributed by atoms with Crippen LogP contribution in [0.3, 0.4) is 0 Å². The van der Waals surface area contributed by atoms with Crippen LogP contribution >= 0.6 is 0 Å². The molecule has 0 aromatic carbocycles. The summed E-state index contributed by atoms with van der Waals surface area (Å²) in [5, 5.41) is 12.1. The highest BCUT2D eigenvalue weighted by Crippen LogP contribution is 2.22. The fraction of sp³-hybridized carbons (Fsp3) is 0.700. The Kier molecular flexibility index (Phi) is 5.13. The molecule has 0 spiro atoms. The maximum atomic E-state index is 11.8. The number of rotatable bonds is 6. The monoisotopic (exact) mass is 270 g/mol. The lowest BCUT2D eigenvalue weighted by Crippen LogP contribution is -2.44. The first-order chi connectivity index (χ1) is 8.99. The number of aliphatic carboxylic acids is 1. The van der Waals surface area contributed by atoms with Crippen LogP contribution in [-0.2, 0) is 19.1 Å². The van der Waals surface area contributed by atoms with Gasteiger partial charge in [0.2, 0.25) is 5.91 Å². The Labute approximate surface area is 108 Å². The molecule has 9 nitrogen and oxygen atoms in total. The van der Waals surface area contributed by atoms with Crippen molar-refractivity contribution in [3.05, 3.63) is 10.4 Å². The van der Waals surface area contributed by atoms with E-state index < -0.39 is 24.4 Å². The van der Waals surface area contributed by atoms with Gasteiger partial charge in [0.25, 0.3) is 0 Å². The second-order valence-corrected chi connectivity index (χ2v) is 4.17. The van der Waals surface area contributed by atoms with E-state index in [1.807, 2.05) is 0 Å². The Morgan fingerprint density at radius 3 is 2.89 bits per heavy atom. The highest BCUT2D eigenvalue weighted by atomic mass is 16.5. The van der Waals surface area contributed by atoms with Crippen molar-refractivity contribution < 1.29 is 24.2 Å². The van der Waals surface area contributed by atoms with Crippen LogP contribution in [-0.4, -0.2) is 54.1 Å². The summed E-state index contributed by atoms with van der Waals surface area (Å²) in [6.07, 6.45) is -0.376. The predicted octanol–water partition coefficient (Wildman–Crippen LogP) is 0.162. The summed E-state index contributed by atoms with van der Waals surface area (Å²) in [5.74, 6) is -2.50. The molecule has 9 heteroatoms. The predicted molar refractivity (Wildman–Crippen MR) is 61.9 cm³/mol. The van der Waals surface area contributed by atoms with E-state index in [9.17, 15) is 14.4 Å². The van der Waals surface area contributed by atoms with Crippen molar-refractivity contribution in [2.45, 2.75) is 18.9 Å². The van der Waals surface area contributed by atoms with Gasteiger partial charge in [-0.2, -0.15) is 0 Å². The lowest BCUT2D eigenvalue weighted by Gasteiger charge is -2.24. The van der Waals surface area contributed by atoms with Crippen LogP contribution in [0.2, 0.25) is 0 Å². The van der Waals surface area contributed by atoms with Gasteiger partial charge >= 0.3 is 11.9 Å². The summed E-state index contributed by atoms with van der Waals surface area (Å²) < 4.78 is 4.51. The van der Waals surface area contributed by atoms with Gasteiger partial charge in [0, 0.05) is 24.4 Å². The molecular formula is C10H14N4O5. The zero-order chi connectivity index (χ0) is 14.4. The van der Waals surface area contributed by atoms with Crippen molar-refractivity contribution in [1.29, 1.82) is 0 Å². The van der Waals surface area contributed by atoms with Gasteiger partial charge in [-0.05, 0) is 11.4 Å². The van der Waals surface area contributed by atoms with E-state index in [4.69, 9.17) is 10.6 Å². The molecule has 104 valence electrons. The minimum Gasteiger partial charge on any atom is -0.481 e. The maximum absolute atomic E-state index is 11.8. The van der Waals surface area contributed by atoms with Crippen LogP contribution in [0.4, 0.5) is 0 Å². The molecule has 0 bridgehead atoms. The lowest BCUT2D eigenvalue weighted by atomic mass is 10.1. The van der Waals surface area contributed by atoms with Gasteiger partial charge in [0.1, 0.15) is 6.04 Å². The molecule has 1 amide bonds. The van der Waals surface area contributed by atoms with Gasteiger partial charge in [-0.15, -0.1) is 0 Å². The number of esters is 1. The number of amides is 1. The average Bonchev–Trinajstić information content (AvgIpc) is 2.73. The number of carbonyl (C=O) groups excluding carboxylic acids is 2. The van der Waals surface area contributed by atoms with Gasteiger partial charge in [0.15, 0.2) is 0 Å². The smallest absolute Gasteiger partial charge is 0.329 e. The highest BCUT2D eigenvalue weighted by molar-refractivity contribution is 5.88. The third-order valence-electron chi connectivity index (χ3n) is 2.86. The van der Waals surface area contributed by atoms with Crippen molar-refractivity contribution in [3.63, 3.8) is 0 Å². The van der Waals surface area contributed by atoms with E-state index >= 15 is 0 Å². The number of hydrogen-bond donors (Lipinski definition) is 1. The van der Waals surface area contributed by atoms with Crippen LogP contribution < -0.4 is 0 Å². The molecule has 1 rings (SSSR count). The summed E-state index contributed by atoms with van der Waals surface area (Å²) in [4.78, 5) is 37.8. The van der Waals surface area contributed by atoms with Crippen molar-refractivity contribution in [1.82, 2.24) is 4.90 Å². The van der Waals surface area contributed by atoms with E-state index in [1.165, 1.54) is 4.90 Å². The molecular weight excluding hydrogens is 256 g/mol. The van der Waals surface area contributed by atoms with E-state index in [0.29, 0.717) is 0 Å². The molecule has 19 heavy (non-hydrogen) atoms. The molecule has 1 N–H and O–H groups in total. The number of nitrogens with zero attached hydrogens (tertiary/aromatic N) is 4. The minimum atomic E-state index is -1.19. The van der Waals surface area contributed by atoms with Gasteiger partial charge in [-0.1, -0.05) is 5.11 Å². The SMILES string of the molecule is COC(=O)[C@@H](CC(=O)O)N1CC(CN=[N+]=[N-])CC1=O. The molecule has 1 aliphatic rings. The van der Waals surface area contributed by atoms with Gasteiger partial charge in [0.05, 0.1) is 13.5 Å². The summed E-state index contributed by atoms with van der Waals surface area (Å²) in [6.45, 7) is 0.324. The first kappa shape index (κ1) is 14.8. The molecule has 1 unspecified atom stereocenters. The summed E-state index contributed by atoms with van der Waals surface area (Å²) >= 11 is 0. The largest absolute Gasteiger partial charge is 0.481 e. The van der Waals surface area contributed by atoms with Gasteiger partial charge in [-0.25, -0.2) is 4.79 Å². The molecule has 1 aliphatic heterocycles. The van der Waals surface area contributed by atoms with Crippen LogP contribution in [0.25, 0.3) is 10.4 Å². The Morgan fingerprint density at radius 2 is 2.37 bits per heavy atom. The zero-order valence-electron chi connectivity index (χ0n) is 10.4. The highest BCUT2D eigenvalue weighted by Gasteiger charge is 2.38. The van der Waals surface area contributed by atoms with Crippen LogP contribution in [0.15, 0.2) is 5.11 Å². The Morgan fingerprint density at radius 1 is 1.68 bits per heavy atom. The van der Waals surface area contributed by atoms with Crippen molar-refractivity contribution >= 4 is 17.8 Å². The summed E-state index contributed by atoms with van der Waals surface area (Å²) in [6, 6.07) is -1.13.